The Morgan fingerprint density at radius 3 is 2.38 bits per heavy atom. The van der Waals surface area contributed by atoms with E-state index in [0.717, 1.165) is 24.6 Å². The van der Waals surface area contributed by atoms with E-state index in [4.69, 9.17) is 9.47 Å². The maximum absolute atomic E-state index is 6.27. The number of hydrogen-bond donors (Lipinski definition) is 1. The highest BCUT2D eigenvalue weighted by molar-refractivity contribution is 5.36. The normalized spacial score (nSPS) is 26.3. The van der Waals surface area contributed by atoms with Crippen LogP contribution in [0.1, 0.15) is 68.8 Å². The van der Waals surface area contributed by atoms with E-state index in [1.54, 1.807) is 0 Å². The van der Waals surface area contributed by atoms with Crippen LogP contribution >= 0.6 is 0 Å². The smallest absolute Gasteiger partial charge is 0.183 e. The fourth-order valence-corrected chi connectivity index (χ4v) is 6.22. The summed E-state index contributed by atoms with van der Waals surface area (Å²) >= 11 is 0. The number of aryl methyl sites for hydroxylation is 1. The molecule has 2 saturated heterocycles. The van der Waals surface area contributed by atoms with E-state index in [1.807, 2.05) is 12.3 Å². The number of rotatable bonds is 7. The molecule has 0 radical (unpaired) electrons. The quantitative estimate of drug-likeness (QED) is 0.548. The number of nitrogens with zero attached hydrogens (tertiary/aromatic N) is 2. The van der Waals surface area contributed by atoms with Crippen LogP contribution in [0.3, 0.4) is 0 Å². The number of aromatic nitrogens is 1. The van der Waals surface area contributed by atoms with Crippen molar-refractivity contribution < 1.29 is 9.47 Å². The monoisotopic (exact) mass is 463 g/mol. The molecule has 2 aromatic rings. The van der Waals surface area contributed by atoms with Crippen molar-refractivity contribution in [1.82, 2.24) is 9.88 Å². The van der Waals surface area contributed by atoms with Gasteiger partial charge in [-0.1, -0.05) is 55.7 Å². The molecule has 5 heteroatoms. The van der Waals surface area contributed by atoms with Gasteiger partial charge in [-0.05, 0) is 62.6 Å². The van der Waals surface area contributed by atoms with Gasteiger partial charge >= 0.3 is 0 Å². The maximum atomic E-state index is 6.27. The Kier molecular flexibility index (Phi) is 7.83. The number of pyridine rings is 1. The van der Waals surface area contributed by atoms with Gasteiger partial charge in [-0.2, -0.15) is 0 Å². The predicted octanol–water partition coefficient (Wildman–Crippen LogP) is 5.97. The lowest BCUT2D eigenvalue weighted by Gasteiger charge is -2.47. The minimum Gasteiger partial charge on any atom is -0.367 e. The van der Waals surface area contributed by atoms with Crippen LogP contribution < -0.4 is 5.32 Å². The summed E-state index contributed by atoms with van der Waals surface area (Å²) < 4.78 is 12.5. The van der Waals surface area contributed by atoms with Crippen molar-refractivity contribution >= 4 is 5.82 Å². The average molecular weight is 464 g/mol. The second kappa shape index (κ2) is 11.2. The van der Waals surface area contributed by atoms with Gasteiger partial charge in [0.05, 0.1) is 13.2 Å². The maximum Gasteiger partial charge on any atom is 0.183 e. The zero-order valence-corrected chi connectivity index (χ0v) is 20.8. The van der Waals surface area contributed by atoms with Crippen LogP contribution in [0.4, 0.5) is 5.82 Å². The SMILES string of the molecule is Cc1ccc(NC2CCN(CCC3(C4COC(c5ccccc5)OC4)CCCCC3)CC2)nc1. The van der Waals surface area contributed by atoms with E-state index in [0.29, 0.717) is 17.4 Å². The summed E-state index contributed by atoms with van der Waals surface area (Å²) in [5.74, 6) is 1.52. The minimum atomic E-state index is -0.201. The molecule has 2 aliphatic heterocycles. The molecule has 3 aliphatic rings. The molecule has 0 unspecified atom stereocenters. The highest BCUT2D eigenvalue weighted by atomic mass is 16.7. The van der Waals surface area contributed by atoms with Crippen LogP contribution in [-0.2, 0) is 9.47 Å². The fourth-order valence-electron chi connectivity index (χ4n) is 6.22. The lowest BCUT2D eigenvalue weighted by Crippen LogP contribution is -2.45. The molecule has 184 valence electrons. The van der Waals surface area contributed by atoms with E-state index in [2.05, 4.69) is 58.5 Å². The number of nitrogens with one attached hydrogen (secondary N) is 1. The summed E-state index contributed by atoms with van der Waals surface area (Å²) in [6, 6.07) is 15.2. The van der Waals surface area contributed by atoms with Gasteiger partial charge < -0.3 is 19.7 Å². The van der Waals surface area contributed by atoms with Crippen molar-refractivity contribution in [3.63, 3.8) is 0 Å². The summed E-state index contributed by atoms with van der Waals surface area (Å²) in [6.45, 7) is 7.29. The largest absolute Gasteiger partial charge is 0.367 e. The van der Waals surface area contributed by atoms with Gasteiger partial charge in [0.25, 0.3) is 0 Å². The average Bonchev–Trinajstić information content (AvgIpc) is 2.91. The van der Waals surface area contributed by atoms with E-state index in [9.17, 15) is 0 Å². The Balaban J connectivity index is 1.12. The van der Waals surface area contributed by atoms with Gasteiger partial charge in [0, 0.05) is 36.8 Å². The van der Waals surface area contributed by atoms with Crippen molar-refractivity contribution in [3.05, 3.63) is 59.8 Å². The number of ether oxygens (including phenoxy) is 2. The first-order valence-electron chi connectivity index (χ1n) is 13.4. The summed E-state index contributed by atoms with van der Waals surface area (Å²) in [6.07, 6.45) is 12.2. The van der Waals surface area contributed by atoms with Crippen molar-refractivity contribution in [2.75, 3.05) is 38.2 Å². The van der Waals surface area contributed by atoms with Gasteiger partial charge in [0.2, 0.25) is 0 Å². The van der Waals surface area contributed by atoms with Gasteiger partial charge in [-0.3, -0.25) is 0 Å². The number of hydrogen-bond acceptors (Lipinski definition) is 5. The topological polar surface area (TPSA) is 46.6 Å². The Labute approximate surface area is 205 Å². The van der Waals surface area contributed by atoms with Gasteiger partial charge in [0.1, 0.15) is 5.82 Å². The molecule has 3 heterocycles. The molecule has 1 aromatic carbocycles. The van der Waals surface area contributed by atoms with Crippen LogP contribution in [0.2, 0.25) is 0 Å². The minimum absolute atomic E-state index is 0.201. The number of piperidine rings is 1. The molecule has 34 heavy (non-hydrogen) atoms. The Morgan fingerprint density at radius 1 is 0.971 bits per heavy atom. The molecule has 3 fully saturated rings. The second-order valence-electron chi connectivity index (χ2n) is 10.8. The molecule has 0 atom stereocenters. The molecule has 5 rings (SSSR count). The van der Waals surface area contributed by atoms with Crippen molar-refractivity contribution in [2.45, 2.75) is 70.6 Å². The third-order valence-electron chi connectivity index (χ3n) is 8.46. The van der Waals surface area contributed by atoms with Gasteiger partial charge in [0.15, 0.2) is 6.29 Å². The molecule has 0 spiro atoms. The van der Waals surface area contributed by atoms with E-state index < -0.39 is 0 Å². The molecule has 1 aromatic heterocycles. The lowest BCUT2D eigenvalue weighted by molar-refractivity contribution is -0.227. The summed E-state index contributed by atoms with van der Waals surface area (Å²) in [5.41, 5.74) is 2.72. The van der Waals surface area contributed by atoms with Crippen molar-refractivity contribution in [3.8, 4) is 0 Å². The van der Waals surface area contributed by atoms with Gasteiger partial charge in [-0.15, -0.1) is 0 Å². The first-order valence-corrected chi connectivity index (χ1v) is 13.4. The fraction of sp³-hybridized carbons (Fsp3) is 0.621. The molecule has 5 nitrogen and oxygen atoms in total. The predicted molar refractivity (Wildman–Crippen MR) is 137 cm³/mol. The van der Waals surface area contributed by atoms with Crippen LogP contribution in [-0.4, -0.2) is 48.8 Å². The third kappa shape index (κ3) is 5.81. The highest BCUT2D eigenvalue weighted by Crippen LogP contribution is 2.48. The molecular weight excluding hydrogens is 422 g/mol. The standard InChI is InChI=1S/C29H41N3O2/c1-23-10-11-27(30-20-23)31-26-12-17-32(18-13-26)19-16-29(14-6-3-7-15-29)25-21-33-28(34-22-25)24-8-4-2-5-9-24/h2,4-5,8-11,20,25-26,28H,3,6-7,12-19,21-22H2,1H3,(H,30,31). The zero-order chi connectivity index (χ0) is 23.2. The summed E-state index contributed by atoms with van der Waals surface area (Å²) in [4.78, 5) is 7.21. The van der Waals surface area contributed by atoms with Crippen LogP contribution in [0.25, 0.3) is 0 Å². The second-order valence-corrected chi connectivity index (χ2v) is 10.8. The number of anilines is 1. The third-order valence-corrected chi connectivity index (χ3v) is 8.46. The van der Waals surface area contributed by atoms with Crippen molar-refractivity contribution in [1.29, 1.82) is 0 Å². The Bertz CT molecular complexity index is 866. The molecule has 0 amide bonds. The summed E-state index contributed by atoms with van der Waals surface area (Å²) in [7, 11) is 0. The molecular formula is C29H41N3O2. The Morgan fingerprint density at radius 2 is 1.71 bits per heavy atom. The van der Waals surface area contributed by atoms with Crippen LogP contribution in [0, 0.1) is 18.3 Å². The number of benzene rings is 1. The summed E-state index contributed by atoms with van der Waals surface area (Å²) in [5, 5.41) is 3.64. The molecule has 1 N–H and O–H groups in total. The highest BCUT2D eigenvalue weighted by Gasteiger charge is 2.42. The van der Waals surface area contributed by atoms with Gasteiger partial charge in [-0.25, -0.2) is 4.98 Å². The first kappa shape index (κ1) is 23.8. The van der Waals surface area contributed by atoms with E-state index in [1.165, 1.54) is 76.6 Å². The molecule has 1 saturated carbocycles. The van der Waals surface area contributed by atoms with E-state index in [-0.39, 0.29) is 6.29 Å². The first-order chi connectivity index (χ1) is 16.7. The van der Waals surface area contributed by atoms with Crippen LogP contribution in [0.15, 0.2) is 48.7 Å². The molecule has 0 bridgehead atoms. The Hall–Kier alpha value is -1.95. The van der Waals surface area contributed by atoms with Crippen LogP contribution in [0.5, 0.6) is 0 Å². The van der Waals surface area contributed by atoms with E-state index >= 15 is 0 Å². The lowest BCUT2D eigenvalue weighted by atomic mass is 9.64. The van der Waals surface area contributed by atoms with Crippen molar-refractivity contribution in [2.24, 2.45) is 11.3 Å². The number of likely N-dealkylation sites (tertiary alicyclic amines) is 1. The molecule has 1 aliphatic carbocycles. The zero-order valence-electron chi connectivity index (χ0n) is 20.8.